The van der Waals surface area contributed by atoms with Crippen LogP contribution in [0.25, 0.3) is 11.3 Å². The Bertz CT molecular complexity index is 1300. The van der Waals surface area contributed by atoms with Gasteiger partial charge in [0, 0.05) is 43.2 Å². The Labute approximate surface area is 225 Å². The zero-order chi connectivity index (χ0) is 25.9. The number of unbranched alkanes of at least 4 members (excludes halogenated alkanes) is 1. The molecule has 1 amide bonds. The van der Waals surface area contributed by atoms with Gasteiger partial charge < -0.3 is 19.3 Å². The van der Waals surface area contributed by atoms with Crippen LogP contribution in [0.4, 0.5) is 0 Å². The lowest BCUT2D eigenvalue weighted by Gasteiger charge is -2.29. The summed E-state index contributed by atoms with van der Waals surface area (Å²) in [5.41, 5.74) is 4.26. The summed E-state index contributed by atoms with van der Waals surface area (Å²) in [5.74, 6) is 0.365. The van der Waals surface area contributed by atoms with Gasteiger partial charge in [-0.05, 0) is 61.4 Å². The van der Waals surface area contributed by atoms with Gasteiger partial charge in [0.2, 0.25) is 5.91 Å². The summed E-state index contributed by atoms with van der Waals surface area (Å²) in [6.45, 7) is 1.84. The van der Waals surface area contributed by atoms with Crippen LogP contribution in [0.15, 0.2) is 40.9 Å². The van der Waals surface area contributed by atoms with Gasteiger partial charge in [-0.1, -0.05) is 46.6 Å². The smallest absolute Gasteiger partial charge is 0.335 e. The van der Waals surface area contributed by atoms with Gasteiger partial charge in [-0.2, -0.15) is 0 Å². The molecule has 1 saturated carbocycles. The highest BCUT2D eigenvalue weighted by atomic mass is 35.5. The molecule has 1 N–H and O–H groups in total. The van der Waals surface area contributed by atoms with Crippen molar-refractivity contribution in [2.45, 2.75) is 57.6 Å². The molecule has 37 heavy (non-hydrogen) atoms. The number of fused-ring (bicyclic) bond motifs is 1. The number of hydrogen-bond acceptors (Lipinski definition) is 5. The van der Waals surface area contributed by atoms with Crippen LogP contribution in [0, 0.1) is 0 Å². The number of ether oxygens (including phenoxy) is 1. The van der Waals surface area contributed by atoms with Crippen molar-refractivity contribution in [3.63, 3.8) is 0 Å². The molecule has 1 aliphatic carbocycles. The fourth-order valence-electron chi connectivity index (χ4n) is 4.88. The number of nitrogens with zero attached hydrogens (tertiary/aromatic N) is 2. The maximum Gasteiger partial charge on any atom is 0.335 e. The van der Waals surface area contributed by atoms with E-state index in [2.05, 4.69) is 5.16 Å². The molecule has 1 aromatic heterocycles. The van der Waals surface area contributed by atoms with E-state index in [0.29, 0.717) is 78.3 Å². The summed E-state index contributed by atoms with van der Waals surface area (Å²) in [7, 11) is 0. The van der Waals surface area contributed by atoms with Gasteiger partial charge >= 0.3 is 5.97 Å². The average Bonchev–Trinajstić information content (AvgIpc) is 3.65. The van der Waals surface area contributed by atoms with Crippen molar-refractivity contribution in [1.29, 1.82) is 0 Å². The molecule has 7 nitrogen and oxygen atoms in total. The summed E-state index contributed by atoms with van der Waals surface area (Å²) < 4.78 is 11.7. The second-order valence-corrected chi connectivity index (χ2v) is 10.4. The van der Waals surface area contributed by atoms with Crippen LogP contribution in [-0.4, -0.2) is 40.2 Å². The Hall–Kier alpha value is -2.87. The SMILES string of the molecule is O=C(O)c1cccc2c1CCN(C(=O)CCCCOCc1c(-c3c(Cl)cccc3Cl)noc1C1CC1)C2. The number of benzene rings is 2. The molecule has 3 aromatic rings. The molecule has 194 valence electrons. The zero-order valence-corrected chi connectivity index (χ0v) is 21.9. The first kappa shape index (κ1) is 25.8. The molecule has 0 bridgehead atoms. The number of rotatable bonds is 10. The van der Waals surface area contributed by atoms with Gasteiger partial charge in [0.05, 0.1) is 22.2 Å². The molecule has 0 saturated heterocycles. The summed E-state index contributed by atoms with van der Waals surface area (Å²) in [5, 5.41) is 14.7. The van der Waals surface area contributed by atoms with E-state index in [9.17, 15) is 14.7 Å². The van der Waals surface area contributed by atoms with Crippen LogP contribution in [0.1, 0.15) is 70.8 Å². The Balaban J connectivity index is 1.12. The van der Waals surface area contributed by atoms with E-state index in [1.165, 1.54) is 0 Å². The van der Waals surface area contributed by atoms with Gasteiger partial charge in [0.25, 0.3) is 0 Å². The topological polar surface area (TPSA) is 92.9 Å². The third kappa shape index (κ3) is 5.69. The van der Waals surface area contributed by atoms with E-state index in [-0.39, 0.29) is 5.91 Å². The predicted octanol–water partition coefficient (Wildman–Crippen LogP) is 6.50. The fourth-order valence-corrected chi connectivity index (χ4v) is 5.46. The first-order chi connectivity index (χ1) is 17.9. The number of carboxylic acids is 1. The van der Waals surface area contributed by atoms with Gasteiger partial charge in [0.15, 0.2) is 0 Å². The van der Waals surface area contributed by atoms with E-state index in [4.69, 9.17) is 32.5 Å². The first-order valence-electron chi connectivity index (χ1n) is 12.6. The molecule has 5 rings (SSSR count). The monoisotopic (exact) mass is 542 g/mol. The second-order valence-electron chi connectivity index (χ2n) is 9.57. The van der Waals surface area contributed by atoms with Crippen LogP contribution < -0.4 is 0 Å². The highest BCUT2D eigenvalue weighted by Gasteiger charge is 2.33. The van der Waals surface area contributed by atoms with Gasteiger partial charge in [-0.15, -0.1) is 0 Å². The number of aromatic nitrogens is 1. The van der Waals surface area contributed by atoms with Crippen molar-refractivity contribution in [2.24, 2.45) is 0 Å². The number of amides is 1. The number of carbonyl (C=O) groups is 2. The number of carbonyl (C=O) groups excluding carboxylic acids is 1. The van der Waals surface area contributed by atoms with Gasteiger partial charge in [-0.3, -0.25) is 4.79 Å². The minimum absolute atomic E-state index is 0.0806. The average molecular weight is 543 g/mol. The molecule has 0 radical (unpaired) electrons. The lowest BCUT2D eigenvalue weighted by Crippen LogP contribution is -2.36. The molecular formula is C28H28Cl2N2O5. The van der Waals surface area contributed by atoms with Crippen molar-refractivity contribution < 1.29 is 24.0 Å². The minimum atomic E-state index is -0.922. The van der Waals surface area contributed by atoms with Crippen molar-refractivity contribution in [3.05, 3.63) is 74.5 Å². The molecule has 9 heteroatoms. The highest BCUT2D eigenvalue weighted by molar-refractivity contribution is 6.39. The van der Waals surface area contributed by atoms with E-state index in [1.54, 1.807) is 30.3 Å². The van der Waals surface area contributed by atoms with Crippen LogP contribution in [0.5, 0.6) is 0 Å². The van der Waals surface area contributed by atoms with Crippen LogP contribution in [-0.2, 0) is 29.1 Å². The lowest BCUT2D eigenvalue weighted by atomic mass is 9.94. The Morgan fingerprint density at radius 3 is 2.59 bits per heavy atom. The number of carboxylic acid groups (broad SMARTS) is 1. The number of halogens is 2. The Morgan fingerprint density at radius 2 is 1.86 bits per heavy atom. The molecule has 0 spiro atoms. The van der Waals surface area contributed by atoms with Crippen molar-refractivity contribution >= 4 is 35.1 Å². The van der Waals surface area contributed by atoms with E-state index in [0.717, 1.165) is 41.7 Å². The highest BCUT2D eigenvalue weighted by Crippen LogP contribution is 2.46. The maximum absolute atomic E-state index is 12.8. The van der Waals surface area contributed by atoms with Crippen molar-refractivity contribution in [2.75, 3.05) is 13.2 Å². The van der Waals surface area contributed by atoms with E-state index in [1.807, 2.05) is 11.0 Å². The molecule has 0 unspecified atom stereocenters. The third-order valence-electron chi connectivity index (χ3n) is 6.99. The van der Waals surface area contributed by atoms with Gasteiger partial charge in [0.1, 0.15) is 11.5 Å². The van der Waals surface area contributed by atoms with Crippen LogP contribution >= 0.6 is 23.2 Å². The molecular weight excluding hydrogens is 515 g/mol. The largest absolute Gasteiger partial charge is 0.478 e. The quantitative estimate of drug-likeness (QED) is 0.294. The van der Waals surface area contributed by atoms with Gasteiger partial charge in [-0.25, -0.2) is 4.79 Å². The van der Waals surface area contributed by atoms with Crippen molar-refractivity contribution in [1.82, 2.24) is 10.1 Å². The minimum Gasteiger partial charge on any atom is -0.478 e. The molecule has 1 fully saturated rings. The number of aromatic carboxylic acids is 1. The standard InChI is InChI=1S/C28H28Cl2N2O5/c29-22-7-4-8-23(30)25(22)26-21(27(37-31-26)17-10-11-17)16-36-14-2-1-9-24(33)32-13-12-19-18(15-32)5-3-6-20(19)28(34)35/h3-8,17H,1-2,9-16H2,(H,34,35). The Morgan fingerprint density at radius 1 is 1.11 bits per heavy atom. The molecule has 2 heterocycles. The normalized spacial score (nSPS) is 15.0. The van der Waals surface area contributed by atoms with Crippen LogP contribution in [0.2, 0.25) is 10.0 Å². The van der Waals surface area contributed by atoms with E-state index < -0.39 is 5.97 Å². The van der Waals surface area contributed by atoms with E-state index >= 15 is 0 Å². The maximum atomic E-state index is 12.8. The third-order valence-corrected chi connectivity index (χ3v) is 7.62. The second kappa shape index (κ2) is 11.3. The predicted molar refractivity (Wildman–Crippen MR) is 140 cm³/mol. The van der Waals surface area contributed by atoms with Crippen molar-refractivity contribution in [3.8, 4) is 11.3 Å². The Kier molecular flexibility index (Phi) is 7.84. The molecule has 0 atom stereocenters. The molecule has 2 aliphatic rings. The zero-order valence-electron chi connectivity index (χ0n) is 20.3. The summed E-state index contributed by atoms with van der Waals surface area (Å²) in [6, 6.07) is 10.6. The molecule has 1 aliphatic heterocycles. The summed E-state index contributed by atoms with van der Waals surface area (Å²) >= 11 is 12.8. The fraction of sp³-hybridized carbons (Fsp3) is 0.393. The molecule has 2 aromatic carbocycles. The lowest BCUT2D eigenvalue weighted by molar-refractivity contribution is -0.132. The number of hydrogen-bond donors (Lipinski definition) is 1. The van der Waals surface area contributed by atoms with Crippen LogP contribution in [0.3, 0.4) is 0 Å². The first-order valence-corrected chi connectivity index (χ1v) is 13.3. The summed E-state index contributed by atoms with van der Waals surface area (Å²) in [4.78, 5) is 26.0. The summed E-state index contributed by atoms with van der Waals surface area (Å²) in [6.07, 6.45) is 4.58.